The predicted molar refractivity (Wildman–Crippen MR) is 130 cm³/mol. The number of aliphatic hydroxyl groups is 1. The monoisotopic (exact) mass is 434 g/mol. The smallest absolute Gasteiger partial charge is 0.408 e. The summed E-state index contributed by atoms with van der Waals surface area (Å²) in [5.41, 5.74) is 1.50. The first kappa shape index (κ1) is 23.8. The molecule has 3 aromatic carbocycles. The maximum Gasteiger partial charge on any atom is 0.408 e. The summed E-state index contributed by atoms with van der Waals surface area (Å²) in [5.74, 6) is 0. The van der Waals surface area contributed by atoms with Gasteiger partial charge in [-0.3, -0.25) is 4.90 Å². The molecule has 0 aliphatic heterocycles. The Hall–Kier alpha value is -2.89. The summed E-state index contributed by atoms with van der Waals surface area (Å²) in [6, 6.07) is 23.6. The molecule has 3 N–H and O–H groups in total. The van der Waals surface area contributed by atoms with Crippen molar-refractivity contribution in [2.45, 2.75) is 57.8 Å². The first-order valence-electron chi connectivity index (χ1n) is 11.1. The lowest BCUT2D eigenvalue weighted by atomic mass is 9.94. The lowest BCUT2D eigenvalue weighted by Gasteiger charge is -2.42. The van der Waals surface area contributed by atoms with Crippen LogP contribution in [0.5, 0.6) is 0 Å². The number of nitrogens with zero attached hydrogens (tertiary/aromatic N) is 1. The molecule has 3 rings (SSSR count). The molecular weight excluding hydrogens is 400 g/mol. The second-order valence-electron chi connectivity index (χ2n) is 9.35. The molecule has 3 atom stereocenters. The molecule has 0 fully saturated rings. The molecule has 0 aliphatic carbocycles. The van der Waals surface area contributed by atoms with Crippen LogP contribution in [0.1, 0.15) is 44.9 Å². The minimum atomic E-state index is -1.03. The Morgan fingerprint density at radius 2 is 1.59 bits per heavy atom. The number of hydrogen-bond acceptors (Lipinski definition) is 3. The number of rotatable bonds is 8. The van der Waals surface area contributed by atoms with Crippen LogP contribution < -0.4 is 5.32 Å². The minimum absolute atomic E-state index is 0.000963. The predicted octanol–water partition coefficient (Wildman–Crippen LogP) is 5.24. The van der Waals surface area contributed by atoms with E-state index in [-0.39, 0.29) is 12.6 Å². The van der Waals surface area contributed by atoms with E-state index in [1.165, 1.54) is 15.7 Å². The van der Waals surface area contributed by atoms with E-state index in [1.807, 2.05) is 69.3 Å². The Morgan fingerprint density at radius 3 is 2.25 bits per heavy atom. The first-order chi connectivity index (χ1) is 15.2. The molecular formula is C27H34N2O3. The van der Waals surface area contributed by atoms with Crippen LogP contribution in [0.4, 0.5) is 4.79 Å². The van der Waals surface area contributed by atoms with Gasteiger partial charge in [0.1, 0.15) is 0 Å². The molecule has 5 heteroatoms. The Balaban J connectivity index is 1.81. The van der Waals surface area contributed by atoms with E-state index < -0.39 is 23.8 Å². The second kappa shape index (κ2) is 10.2. The van der Waals surface area contributed by atoms with Gasteiger partial charge in [-0.1, -0.05) is 72.8 Å². The van der Waals surface area contributed by atoms with Crippen molar-refractivity contribution in [2.75, 3.05) is 6.54 Å². The van der Waals surface area contributed by atoms with Crippen LogP contribution in [0.25, 0.3) is 10.8 Å². The number of benzene rings is 3. The lowest BCUT2D eigenvalue weighted by molar-refractivity contribution is 0.00705. The largest absolute Gasteiger partial charge is 0.465 e. The molecule has 5 nitrogen and oxygen atoms in total. The average molecular weight is 435 g/mol. The third-order valence-corrected chi connectivity index (χ3v) is 5.92. The van der Waals surface area contributed by atoms with Crippen LogP contribution in [0.3, 0.4) is 0 Å². The van der Waals surface area contributed by atoms with Crippen molar-refractivity contribution in [2.24, 2.45) is 0 Å². The van der Waals surface area contributed by atoms with Crippen molar-refractivity contribution < 1.29 is 15.0 Å². The zero-order chi connectivity index (χ0) is 23.3. The Labute approximate surface area is 190 Å². The van der Waals surface area contributed by atoms with E-state index in [9.17, 15) is 15.0 Å². The first-order valence-corrected chi connectivity index (χ1v) is 11.1. The fraction of sp³-hybridized carbons (Fsp3) is 0.370. The lowest BCUT2D eigenvalue weighted by Crippen LogP contribution is -2.58. The van der Waals surface area contributed by atoms with Gasteiger partial charge in [0.15, 0.2) is 0 Å². The summed E-state index contributed by atoms with van der Waals surface area (Å²) in [5, 5.41) is 26.9. The van der Waals surface area contributed by atoms with Gasteiger partial charge in [0.2, 0.25) is 0 Å². The number of aliphatic hydroxyl groups excluding tert-OH is 1. The summed E-state index contributed by atoms with van der Waals surface area (Å²) < 4.78 is 0. The number of hydrogen-bond donors (Lipinski definition) is 3. The molecule has 0 saturated carbocycles. The molecule has 0 aliphatic rings. The average Bonchev–Trinajstić information content (AvgIpc) is 2.76. The maximum atomic E-state index is 12.2. The normalized spacial score (nSPS) is 14.7. The van der Waals surface area contributed by atoms with Crippen LogP contribution in [-0.4, -0.2) is 45.4 Å². The van der Waals surface area contributed by atoms with Crippen LogP contribution in [0.15, 0.2) is 72.8 Å². The third-order valence-electron chi connectivity index (χ3n) is 5.92. The number of carbonyl (C=O) groups is 1. The second-order valence-corrected chi connectivity index (χ2v) is 9.35. The fourth-order valence-electron chi connectivity index (χ4n) is 4.35. The zero-order valence-corrected chi connectivity index (χ0v) is 19.3. The quantitative estimate of drug-likeness (QED) is 0.453. The third kappa shape index (κ3) is 5.67. The molecule has 32 heavy (non-hydrogen) atoms. The van der Waals surface area contributed by atoms with Crippen LogP contribution in [0, 0.1) is 0 Å². The molecule has 0 bridgehead atoms. The SMILES string of the molecule is C[C@H](NC[C@@H](O)[C@H](Cc1ccccc1)N(C(=O)O)C(C)(C)C)c1cccc2ccccc12. The highest BCUT2D eigenvalue weighted by molar-refractivity contribution is 5.86. The van der Waals surface area contributed by atoms with Crippen molar-refractivity contribution in [3.8, 4) is 0 Å². The molecule has 0 unspecified atom stereocenters. The summed E-state index contributed by atoms with van der Waals surface area (Å²) in [6.45, 7) is 7.93. The van der Waals surface area contributed by atoms with E-state index in [0.29, 0.717) is 6.42 Å². The molecule has 0 radical (unpaired) electrons. The fourth-order valence-corrected chi connectivity index (χ4v) is 4.35. The number of carboxylic acid groups (broad SMARTS) is 1. The van der Waals surface area contributed by atoms with Crippen molar-refractivity contribution in [3.63, 3.8) is 0 Å². The van der Waals surface area contributed by atoms with Crippen molar-refractivity contribution in [1.29, 1.82) is 0 Å². The molecule has 170 valence electrons. The van der Waals surface area contributed by atoms with Gasteiger partial charge in [-0.2, -0.15) is 0 Å². The van der Waals surface area contributed by atoms with Gasteiger partial charge in [0, 0.05) is 18.1 Å². The van der Waals surface area contributed by atoms with Gasteiger partial charge in [-0.25, -0.2) is 4.79 Å². The topological polar surface area (TPSA) is 72.8 Å². The molecule has 0 spiro atoms. The summed E-state index contributed by atoms with van der Waals surface area (Å²) in [4.78, 5) is 13.6. The van der Waals surface area contributed by atoms with Crippen molar-refractivity contribution in [1.82, 2.24) is 10.2 Å². The summed E-state index contributed by atoms with van der Waals surface area (Å²) >= 11 is 0. The van der Waals surface area contributed by atoms with Gasteiger partial charge >= 0.3 is 6.09 Å². The number of fused-ring (bicyclic) bond motifs is 1. The summed E-state index contributed by atoms with van der Waals surface area (Å²) in [7, 11) is 0. The maximum absolute atomic E-state index is 12.2. The highest BCUT2D eigenvalue weighted by Gasteiger charge is 2.37. The standard InChI is InChI=1S/C27H34N2O3/c1-19(22-16-10-14-21-13-8-9-15-23(21)22)28-18-25(30)24(17-20-11-6-5-7-12-20)29(26(31)32)27(2,3)4/h5-16,19,24-25,28,30H,17-18H2,1-4H3,(H,31,32)/t19-,24-,25+/m0/s1. The van der Waals surface area contributed by atoms with Gasteiger partial charge in [-0.15, -0.1) is 0 Å². The zero-order valence-electron chi connectivity index (χ0n) is 19.3. The molecule has 0 aromatic heterocycles. The van der Waals surface area contributed by atoms with E-state index >= 15 is 0 Å². The Morgan fingerprint density at radius 1 is 0.969 bits per heavy atom. The van der Waals surface area contributed by atoms with Gasteiger partial charge in [0.05, 0.1) is 12.1 Å². The van der Waals surface area contributed by atoms with Crippen molar-refractivity contribution >= 4 is 16.9 Å². The Kier molecular flexibility index (Phi) is 7.54. The summed E-state index contributed by atoms with van der Waals surface area (Å²) in [6.07, 6.45) is -1.46. The van der Waals surface area contributed by atoms with Crippen molar-refractivity contribution in [3.05, 3.63) is 83.9 Å². The highest BCUT2D eigenvalue weighted by Crippen LogP contribution is 2.26. The van der Waals surface area contributed by atoms with Crippen LogP contribution in [0.2, 0.25) is 0 Å². The van der Waals surface area contributed by atoms with Gasteiger partial charge in [-0.05, 0) is 56.0 Å². The van der Waals surface area contributed by atoms with E-state index in [2.05, 4.69) is 36.5 Å². The number of amides is 1. The van der Waals surface area contributed by atoms with E-state index in [4.69, 9.17) is 0 Å². The Bertz CT molecular complexity index is 1020. The van der Waals surface area contributed by atoms with Crippen LogP contribution in [-0.2, 0) is 6.42 Å². The molecule has 1 amide bonds. The van der Waals surface area contributed by atoms with E-state index in [1.54, 1.807) is 0 Å². The van der Waals surface area contributed by atoms with Gasteiger partial charge < -0.3 is 15.5 Å². The van der Waals surface area contributed by atoms with E-state index in [0.717, 1.165) is 11.1 Å². The minimum Gasteiger partial charge on any atom is -0.465 e. The molecule has 3 aromatic rings. The van der Waals surface area contributed by atoms with Gasteiger partial charge in [0.25, 0.3) is 0 Å². The number of nitrogens with one attached hydrogen (secondary N) is 1. The molecule has 0 saturated heterocycles. The highest BCUT2D eigenvalue weighted by atomic mass is 16.4. The van der Waals surface area contributed by atoms with Crippen LogP contribution >= 0.6 is 0 Å². The molecule has 0 heterocycles.